The first-order valence-corrected chi connectivity index (χ1v) is 14.3. The Hall–Kier alpha value is -2.84. The summed E-state index contributed by atoms with van der Waals surface area (Å²) in [5.74, 6) is 1.31. The Kier molecular flexibility index (Phi) is 7.08. The number of carbonyl (C=O) groups is 2. The van der Waals surface area contributed by atoms with Crippen molar-refractivity contribution < 1.29 is 18.0 Å². The van der Waals surface area contributed by atoms with Crippen molar-refractivity contribution in [3.8, 4) is 0 Å². The summed E-state index contributed by atoms with van der Waals surface area (Å²) in [6.07, 6.45) is 5.70. The van der Waals surface area contributed by atoms with Crippen molar-refractivity contribution in [2.45, 2.75) is 68.7 Å². The predicted molar refractivity (Wildman–Crippen MR) is 139 cm³/mol. The van der Waals surface area contributed by atoms with Crippen molar-refractivity contribution in [2.75, 3.05) is 6.54 Å². The van der Waals surface area contributed by atoms with E-state index in [2.05, 4.69) is 16.1 Å². The number of sulfonamides is 1. The molecule has 1 amide bonds. The smallest absolute Gasteiger partial charge is 0.240 e. The van der Waals surface area contributed by atoms with Crippen LogP contribution >= 0.6 is 0 Å². The molecule has 0 radical (unpaired) electrons. The molecule has 2 aromatic rings. The molecule has 5 rings (SSSR count). The molecule has 0 aromatic heterocycles. The number of amides is 1. The lowest BCUT2D eigenvalue weighted by Crippen LogP contribution is -2.38. The van der Waals surface area contributed by atoms with E-state index in [1.807, 2.05) is 12.1 Å². The molecule has 0 saturated heterocycles. The van der Waals surface area contributed by atoms with Gasteiger partial charge in [-0.05, 0) is 80.7 Å². The fourth-order valence-corrected chi connectivity index (χ4v) is 6.98. The summed E-state index contributed by atoms with van der Waals surface area (Å²) >= 11 is 0. The Labute approximate surface area is 212 Å². The second-order valence-corrected chi connectivity index (χ2v) is 12.1. The van der Waals surface area contributed by atoms with Gasteiger partial charge in [-0.25, -0.2) is 13.1 Å². The van der Waals surface area contributed by atoms with E-state index >= 15 is 0 Å². The Morgan fingerprint density at radius 3 is 2.47 bits per heavy atom. The van der Waals surface area contributed by atoms with E-state index in [-0.39, 0.29) is 40.4 Å². The van der Waals surface area contributed by atoms with E-state index in [4.69, 9.17) is 4.99 Å². The summed E-state index contributed by atoms with van der Waals surface area (Å²) in [6.45, 7) is 1.99. The van der Waals surface area contributed by atoms with Crippen LogP contribution in [0.1, 0.15) is 72.9 Å². The number of Topliss-reactive ketones (excluding diaryl/α,β-unsaturated/α-hetero) is 1. The predicted octanol–water partition coefficient (Wildman–Crippen LogP) is 3.99. The van der Waals surface area contributed by atoms with Gasteiger partial charge in [-0.3, -0.25) is 14.6 Å². The normalized spacial score (nSPS) is 25.4. The molecule has 2 unspecified atom stereocenters. The number of carbonyl (C=O) groups excluding carboxylic acids is 2. The van der Waals surface area contributed by atoms with E-state index in [0.717, 1.165) is 56.3 Å². The van der Waals surface area contributed by atoms with Crippen molar-refractivity contribution in [3.63, 3.8) is 0 Å². The number of nitrogens with one attached hydrogen (secondary N) is 2. The maximum Gasteiger partial charge on any atom is 0.240 e. The van der Waals surface area contributed by atoms with Gasteiger partial charge in [-0.1, -0.05) is 30.3 Å². The molecule has 1 saturated carbocycles. The van der Waals surface area contributed by atoms with Gasteiger partial charge in [0.2, 0.25) is 15.9 Å². The van der Waals surface area contributed by atoms with E-state index in [9.17, 15) is 18.0 Å². The minimum absolute atomic E-state index is 0.0304. The molecular weight excluding hydrogens is 474 g/mol. The lowest BCUT2D eigenvalue weighted by molar-refractivity contribution is -0.124. The van der Waals surface area contributed by atoms with Gasteiger partial charge in [0.25, 0.3) is 0 Å². The maximum atomic E-state index is 13.0. The number of amidine groups is 1. The minimum atomic E-state index is -3.51. The zero-order valence-electron chi connectivity index (χ0n) is 20.6. The second kappa shape index (κ2) is 10.3. The molecular formula is C28H33N3O4S. The van der Waals surface area contributed by atoms with Gasteiger partial charge in [0.15, 0.2) is 5.78 Å². The Morgan fingerprint density at radius 1 is 1.00 bits per heavy atom. The zero-order chi connectivity index (χ0) is 25.3. The van der Waals surface area contributed by atoms with Gasteiger partial charge in [0.1, 0.15) is 5.84 Å². The average molecular weight is 508 g/mol. The highest BCUT2D eigenvalue weighted by Crippen LogP contribution is 2.40. The highest BCUT2D eigenvalue weighted by atomic mass is 32.2. The largest absolute Gasteiger partial charge is 0.314 e. The number of hydrogen-bond acceptors (Lipinski definition) is 5. The Morgan fingerprint density at radius 2 is 1.75 bits per heavy atom. The lowest BCUT2D eigenvalue weighted by atomic mass is 9.78. The molecule has 190 valence electrons. The molecule has 1 aliphatic heterocycles. The number of aryl methyl sites for hydroxylation is 1. The van der Waals surface area contributed by atoms with Gasteiger partial charge in [0, 0.05) is 30.4 Å². The summed E-state index contributed by atoms with van der Waals surface area (Å²) in [5.41, 5.74) is 3.23. The van der Waals surface area contributed by atoms with Gasteiger partial charge >= 0.3 is 0 Å². The number of ketones is 1. The average Bonchev–Trinajstić information content (AvgIpc) is 3.31. The molecule has 2 aromatic carbocycles. The van der Waals surface area contributed by atoms with Gasteiger partial charge in [-0.2, -0.15) is 0 Å². The SMILES string of the molecule is CC(=O)c1ccc2c(c1)CCC1N=C(NC(=O)C3CCC(CNS(=O)(=O)c4ccccc4)CC3)CC21. The molecule has 2 N–H and O–H groups in total. The van der Waals surface area contributed by atoms with Crippen molar-refractivity contribution >= 4 is 27.5 Å². The zero-order valence-corrected chi connectivity index (χ0v) is 21.4. The molecule has 1 heterocycles. The first kappa shape index (κ1) is 24.8. The van der Waals surface area contributed by atoms with E-state index < -0.39 is 10.0 Å². The van der Waals surface area contributed by atoms with Crippen LogP contribution in [0.2, 0.25) is 0 Å². The minimum Gasteiger partial charge on any atom is -0.314 e. The number of benzene rings is 2. The van der Waals surface area contributed by atoms with Crippen LogP contribution in [0.4, 0.5) is 0 Å². The summed E-state index contributed by atoms with van der Waals surface area (Å²) in [4.78, 5) is 29.9. The number of rotatable bonds is 6. The fraction of sp³-hybridized carbons (Fsp3) is 0.464. The van der Waals surface area contributed by atoms with Gasteiger partial charge < -0.3 is 5.32 Å². The molecule has 1 fully saturated rings. The summed E-state index contributed by atoms with van der Waals surface area (Å²) in [5, 5.41) is 3.10. The number of aliphatic imine (C=N–C) groups is 1. The molecule has 7 nitrogen and oxygen atoms in total. The highest BCUT2D eigenvalue weighted by molar-refractivity contribution is 7.89. The lowest BCUT2D eigenvalue weighted by Gasteiger charge is -2.28. The van der Waals surface area contributed by atoms with Crippen LogP contribution in [0, 0.1) is 11.8 Å². The highest BCUT2D eigenvalue weighted by Gasteiger charge is 2.36. The Bertz CT molecular complexity index is 1280. The van der Waals surface area contributed by atoms with Crippen LogP contribution in [-0.4, -0.2) is 38.5 Å². The standard InChI is InChI=1S/C28H33N3O4S/c1-18(32)21-11-13-24-22(15-21)12-14-26-25(24)16-27(30-26)31-28(33)20-9-7-19(8-10-20)17-29-36(34,35)23-5-3-2-4-6-23/h2-6,11,13,15,19-20,25-26,29H,7-10,12,14,16-17H2,1H3,(H,30,31,33). The number of hydrogen-bond donors (Lipinski definition) is 2. The molecule has 8 heteroatoms. The van der Waals surface area contributed by atoms with Crippen LogP contribution in [0.15, 0.2) is 58.4 Å². The van der Waals surface area contributed by atoms with Crippen LogP contribution in [-0.2, 0) is 21.2 Å². The van der Waals surface area contributed by atoms with Crippen molar-refractivity contribution in [1.82, 2.24) is 10.0 Å². The van der Waals surface area contributed by atoms with Crippen LogP contribution in [0.5, 0.6) is 0 Å². The first-order valence-electron chi connectivity index (χ1n) is 12.9. The van der Waals surface area contributed by atoms with Crippen molar-refractivity contribution in [2.24, 2.45) is 16.8 Å². The monoisotopic (exact) mass is 507 g/mol. The third-order valence-corrected chi connectivity index (χ3v) is 9.40. The molecule has 0 bridgehead atoms. The first-order chi connectivity index (χ1) is 17.3. The van der Waals surface area contributed by atoms with Gasteiger partial charge in [-0.15, -0.1) is 0 Å². The van der Waals surface area contributed by atoms with Crippen LogP contribution in [0.25, 0.3) is 0 Å². The Balaban J connectivity index is 1.11. The van der Waals surface area contributed by atoms with Crippen molar-refractivity contribution in [1.29, 1.82) is 0 Å². The summed E-state index contributed by atoms with van der Waals surface area (Å²) < 4.78 is 27.7. The summed E-state index contributed by atoms with van der Waals surface area (Å²) in [7, 11) is -3.51. The van der Waals surface area contributed by atoms with E-state index in [1.165, 1.54) is 11.1 Å². The topological polar surface area (TPSA) is 105 Å². The number of fused-ring (bicyclic) bond motifs is 3. The van der Waals surface area contributed by atoms with Crippen LogP contribution in [0.3, 0.4) is 0 Å². The fourth-order valence-electron chi connectivity index (χ4n) is 5.84. The quantitative estimate of drug-likeness (QED) is 0.577. The third-order valence-electron chi connectivity index (χ3n) is 7.96. The van der Waals surface area contributed by atoms with E-state index in [1.54, 1.807) is 37.3 Å². The number of nitrogens with zero attached hydrogens (tertiary/aromatic N) is 1. The third kappa shape index (κ3) is 5.30. The molecule has 2 aliphatic carbocycles. The molecule has 36 heavy (non-hydrogen) atoms. The molecule has 3 aliphatic rings. The maximum absolute atomic E-state index is 13.0. The van der Waals surface area contributed by atoms with Crippen LogP contribution < -0.4 is 10.0 Å². The van der Waals surface area contributed by atoms with E-state index in [0.29, 0.717) is 6.54 Å². The summed E-state index contributed by atoms with van der Waals surface area (Å²) in [6, 6.07) is 14.6. The second-order valence-electron chi connectivity index (χ2n) is 10.3. The molecule has 0 spiro atoms. The molecule has 2 atom stereocenters. The van der Waals surface area contributed by atoms with Crippen molar-refractivity contribution in [3.05, 3.63) is 65.2 Å². The van der Waals surface area contributed by atoms with Gasteiger partial charge in [0.05, 0.1) is 10.9 Å².